The molecule has 3 heteroatoms. The monoisotopic (exact) mass is 451 g/mol. The highest BCUT2D eigenvalue weighted by atomic mass is 79.9. The quantitative estimate of drug-likeness (QED) is 0.384. The third kappa shape index (κ3) is 3.37. The van der Waals surface area contributed by atoms with Gasteiger partial charge in [0.15, 0.2) is 5.01 Å². The van der Waals surface area contributed by atoms with Gasteiger partial charge in [0.1, 0.15) is 5.75 Å². The summed E-state index contributed by atoms with van der Waals surface area (Å²) in [5.74, 6) is 1.77. The van der Waals surface area contributed by atoms with E-state index in [1.54, 1.807) is 11.1 Å². The summed E-state index contributed by atoms with van der Waals surface area (Å²) in [7, 11) is 0. The first-order chi connectivity index (χ1) is 14.2. The van der Waals surface area contributed by atoms with E-state index in [0.717, 1.165) is 23.8 Å². The van der Waals surface area contributed by atoms with E-state index < -0.39 is 0 Å². The molecule has 0 amide bonds. The molecular weight excluding hydrogens is 422 g/mol. The molecule has 29 heavy (non-hydrogen) atoms. The minimum absolute atomic E-state index is 0.118. The summed E-state index contributed by atoms with van der Waals surface area (Å²) in [5, 5.41) is -0.118. The lowest BCUT2D eigenvalue weighted by molar-refractivity contribution is -0.00521. The Kier molecular flexibility index (Phi) is 5.30. The second kappa shape index (κ2) is 7.92. The van der Waals surface area contributed by atoms with Crippen LogP contribution in [0.5, 0.6) is 5.75 Å². The van der Waals surface area contributed by atoms with Gasteiger partial charge in [0.25, 0.3) is 0 Å². The zero-order valence-corrected chi connectivity index (χ0v) is 18.6. The summed E-state index contributed by atoms with van der Waals surface area (Å²) in [6.45, 7) is 6.23. The van der Waals surface area contributed by atoms with Crippen LogP contribution in [-0.2, 0) is 11.8 Å². The first-order valence-corrected chi connectivity index (χ1v) is 12.0. The van der Waals surface area contributed by atoms with Crippen molar-refractivity contribution < 1.29 is 4.74 Å². The number of likely N-dealkylation sites (tertiary alicyclic amines) is 1. The lowest BCUT2D eigenvalue weighted by Crippen LogP contribution is -2.60. The van der Waals surface area contributed by atoms with Crippen molar-refractivity contribution in [2.75, 3.05) is 13.1 Å². The number of rotatable bonds is 5. The number of hydrogen-bond acceptors (Lipinski definition) is 2. The summed E-state index contributed by atoms with van der Waals surface area (Å²) < 4.78 is 6.33. The van der Waals surface area contributed by atoms with E-state index in [4.69, 9.17) is 4.74 Å². The molecule has 0 radical (unpaired) electrons. The Balaban J connectivity index is 1.48. The van der Waals surface area contributed by atoms with Crippen molar-refractivity contribution in [3.05, 3.63) is 77.9 Å². The van der Waals surface area contributed by atoms with E-state index in [9.17, 15) is 0 Å². The Morgan fingerprint density at radius 1 is 1.17 bits per heavy atom. The maximum Gasteiger partial charge on any atom is 0.178 e. The molecular formula is C26H30BrNO. The first-order valence-electron chi connectivity index (χ1n) is 11.1. The average molecular weight is 452 g/mol. The molecule has 0 aromatic heterocycles. The topological polar surface area (TPSA) is 12.5 Å². The van der Waals surface area contributed by atoms with Crippen LogP contribution in [0.15, 0.2) is 61.2 Å². The van der Waals surface area contributed by atoms with E-state index in [0.29, 0.717) is 11.5 Å². The fourth-order valence-corrected chi connectivity index (χ4v) is 6.84. The lowest BCUT2D eigenvalue weighted by Gasteiger charge is -2.59. The number of nitrogens with zero attached hydrogens (tertiary/aromatic N) is 1. The summed E-state index contributed by atoms with van der Waals surface area (Å²) in [4.78, 5) is 2.69. The normalized spacial score (nSPS) is 29.4. The molecule has 2 aliphatic carbocycles. The maximum atomic E-state index is 6.33. The van der Waals surface area contributed by atoms with Crippen LogP contribution in [0.25, 0.3) is 0 Å². The van der Waals surface area contributed by atoms with Gasteiger partial charge in [-0.05, 0) is 77.3 Å². The highest BCUT2D eigenvalue weighted by Crippen LogP contribution is 2.56. The van der Waals surface area contributed by atoms with Crippen LogP contribution < -0.4 is 4.74 Å². The molecule has 2 aromatic rings. The summed E-state index contributed by atoms with van der Waals surface area (Å²) in [6.07, 6.45) is 9.98. The largest absolute Gasteiger partial charge is 0.474 e. The van der Waals surface area contributed by atoms with Gasteiger partial charge in [-0.1, -0.05) is 55.3 Å². The molecule has 2 aromatic carbocycles. The standard InChI is InChI=1S/C26H30BrNO/c1-2-15-28-16-14-26-13-7-6-10-22(26)24(28)17-20-11-12-21(18-23(20)26)29-25(27)19-8-4-3-5-9-19/h2-5,8-9,11-12,18,22,24-25H,1,6-7,10,13-17H2/t22-,24+,25?,26+/m0/s1. The van der Waals surface area contributed by atoms with Gasteiger partial charge in [-0.2, -0.15) is 0 Å². The Morgan fingerprint density at radius 3 is 2.86 bits per heavy atom. The van der Waals surface area contributed by atoms with Gasteiger partial charge in [-0.25, -0.2) is 0 Å². The zero-order chi connectivity index (χ0) is 19.8. The van der Waals surface area contributed by atoms with Crippen molar-refractivity contribution >= 4 is 15.9 Å². The van der Waals surface area contributed by atoms with Gasteiger partial charge in [-0.15, -0.1) is 6.58 Å². The highest BCUT2D eigenvalue weighted by molar-refractivity contribution is 9.09. The Morgan fingerprint density at radius 2 is 2.03 bits per heavy atom. The number of alkyl halides is 1. The molecule has 5 rings (SSSR count). The molecule has 1 heterocycles. The van der Waals surface area contributed by atoms with E-state index in [2.05, 4.69) is 75.9 Å². The smallest absolute Gasteiger partial charge is 0.178 e. The minimum Gasteiger partial charge on any atom is -0.474 e. The third-order valence-electron chi connectivity index (χ3n) is 7.59. The molecule has 4 atom stereocenters. The highest BCUT2D eigenvalue weighted by Gasteiger charge is 2.53. The molecule has 1 unspecified atom stereocenters. The Bertz CT molecular complexity index is 882. The van der Waals surface area contributed by atoms with Crippen LogP contribution in [0, 0.1) is 5.92 Å². The number of ether oxygens (including phenoxy) is 1. The van der Waals surface area contributed by atoms with E-state index in [1.165, 1.54) is 45.1 Å². The average Bonchev–Trinajstić information content (AvgIpc) is 2.76. The number of benzene rings is 2. The van der Waals surface area contributed by atoms with Crippen molar-refractivity contribution in [3.8, 4) is 5.75 Å². The second-order valence-electron chi connectivity index (χ2n) is 8.98. The van der Waals surface area contributed by atoms with Gasteiger partial charge >= 0.3 is 0 Å². The van der Waals surface area contributed by atoms with Gasteiger partial charge in [0.05, 0.1) is 0 Å². The van der Waals surface area contributed by atoms with Crippen LogP contribution in [-0.4, -0.2) is 24.0 Å². The second-order valence-corrected chi connectivity index (χ2v) is 9.81. The number of fused-ring (bicyclic) bond motifs is 1. The molecule has 0 N–H and O–H groups in total. The summed E-state index contributed by atoms with van der Waals surface area (Å²) in [5.41, 5.74) is 4.63. The molecule has 1 saturated heterocycles. The minimum atomic E-state index is -0.118. The fraction of sp³-hybridized carbons (Fsp3) is 0.462. The fourth-order valence-electron chi connectivity index (χ4n) is 6.32. The third-order valence-corrected chi connectivity index (χ3v) is 8.30. The van der Waals surface area contributed by atoms with E-state index in [1.807, 2.05) is 6.07 Å². The number of hydrogen-bond donors (Lipinski definition) is 0. The van der Waals surface area contributed by atoms with Crippen LogP contribution >= 0.6 is 15.9 Å². The van der Waals surface area contributed by atoms with Crippen molar-refractivity contribution in [2.24, 2.45) is 5.92 Å². The Hall–Kier alpha value is -1.58. The molecule has 1 saturated carbocycles. The molecule has 2 bridgehead atoms. The molecule has 152 valence electrons. The SMILES string of the molecule is C=CCN1CC[C@]23CCCC[C@H]2[C@H]1Cc1ccc(OC(Br)c2ccccc2)cc13. The van der Waals surface area contributed by atoms with Crippen molar-refractivity contribution in [3.63, 3.8) is 0 Å². The predicted molar refractivity (Wildman–Crippen MR) is 123 cm³/mol. The maximum absolute atomic E-state index is 6.33. The van der Waals surface area contributed by atoms with Crippen LogP contribution in [0.4, 0.5) is 0 Å². The van der Waals surface area contributed by atoms with Gasteiger partial charge in [0, 0.05) is 23.6 Å². The number of halogens is 1. The van der Waals surface area contributed by atoms with Gasteiger partial charge in [0.2, 0.25) is 0 Å². The first kappa shape index (κ1) is 19.4. The molecule has 0 spiro atoms. The molecule has 3 aliphatic rings. The van der Waals surface area contributed by atoms with E-state index in [-0.39, 0.29) is 5.01 Å². The van der Waals surface area contributed by atoms with Crippen LogP contribution in [0.2, 0.25) is 0 Å². The van der Waals surface area contributed by atoms with E-state index >= 15 is 0 Å². The number of piperidine rings is 1. The summed E-state index contributed by atoms with van der Waals surface area (Å²) in [6, 6.07) is 17.9. The summed E-state index contributed by atoms with van der Waals surface area (Å²) >= 11 is 3.73. The predicted octanol–water partition coefficient (Wildman–Crippen LogP) is 6.40. The molecule has 1 aliphatic heterocycles. The van der Waals surface area contributed by atoms with Crippen molar-refractivity contribution in [1.82, 2.24) is 4.90 Å². The van der Waals surface area contributed by atoms with Crippen LogP contribution in [0.1, 0.15) is 53.8 Å². The zero-order valence-electron chi connectivity index (χ0n) is 17.0. The van der Waals surface area contributed by atoms with Crippen molar-refractivity contribution in [2.45, 2.75) is 55.0 Å². The molecule has 2 nitrogen and oxygen atoms in total. The van der Waals surface area contributed by atoms with Crippen molar-refractivity contribution in [1.29, 1.82) is 0 Å². The molecule has 2 fully saturated rings. The van der Waals surface area contributed by atoms with Crippen LogP contribution in [0.3, 0.4) is 0 Å². The Labute approximate surface area is 183 Å². The van der Waals surface area contributed by atoms with Gasteiger partial charge < -0.3 is 4.74 Å². The lowest BCUT2D eigenvalue weighted by atomic mass is 9.52. The van der Waals surface area contributed by atoms with Gasteiger partial charge in [-0.3, -0.25) is 4.90 Å².